The van der Waals surface area contributed by atoms with Crippen LogP contribution in [-0.4, -0.2) is 43.5 Å². The van der Waals surface area contributed by atoms with Crippen LogP contribution in [0.25, 0.3) is 0 Å². The first-order chi connectivity index (χ1) is 6.22. The second kappa shape index (κ2) is 7.97. The Hall–Kier alpha value is -0.650. The van der Waals surface area contributed by atoms with Crippen molar-refractivity contribution < 1.29 is 19.4 Å². The van der Waals surface area contributed by atoms with Gasteiger partial charge in [0.1, 0.15) is 12.6 Å². The number of nitrogens with two attached hydrogens (primary N) is 1. The third-order valence-electron chi connectivity index (χ3n) is 1.32. The molecule has 0 spiro atoms. The Morgan fingerprint density at radius 3 is 2.69 bits per heavy atom. The van der Waals surface area contributed by atoms with Crippen molar-refractivity contribution >= 4 is 5.97 Å². The monoisotopic (exact) mass is 191 g/mol. The molecule has 0 heterocycles. The summed E-state index contributed by atoms with van der Waals surface area (Å²) in [6.45, 7) is 2.82. The van der Waals surface area contributed by atoms with Gasteiger partial charge in [0.25, 0.3) is 0 Å². The van der Waals surface area contributed by atoms with Crippen molar-refractivity contribution in [1.82, 2.24) is 0 Å². The average molecular weight is 191 g/mol. The lowest BCUT2D eigenvalue weighted by Crippen LogP contribution is -2.36. The van der Waals surface area contributed by atoms with Crippen LogP contribution in [0, 0.1) is 0 Å². The number of esters is 1. The highest BCUT2D eigenvalue weighted by atomic mass is 16.6. The lowest BCUT2D eigenvalue weighted by atomic mass is 10.3. The number of rotatable bonds is 7. The second-order valence-corrected chi connectivity index (χ2v) is 2.57. The summed E-state index contributed by atoms with van der Waals surface area (Å²) in [6, 6.07) is -0.939. The van der Waals surface area contributed by atoms with Crippen LogP contribution >= 0.6 is 0 Å². The molecule has 0 bridgehead atoms. The van der Waals surface area contributed by atoms with E-state index in [1.54, 1.807) is 0 Å². The maximum absolute atomic E-state index is 10.8. The van der Waals surface area contributed by atoms with Crippen LogP contribution in [-0.2, 0) is 14.3 Å². The van der Waals surface area contributed by atoms with Crippen LogP contribution in [0.4, 0.5) is 0 Å². The smallest absolute Gasteiger partial charge is 0.325 e. The molecule has 1 atom stereocenters. The standard InChI is InChI=1S/C8H17NO4/c1-2-3-12-4-5-13-8(11)7(9)6-10/h7,10H,2-6,9H2,1H3/t7-/m0/s1. The predicted octanol–water partition coefficient (Wildman–Crippen LogP) is -0.724. The summed E-state index contributed by atoms with van der Waals surface area (Å²) >= 11 is 0. The van der Waals surface area contributed by atoms with Crippen molar-refractivity contribution in [3.63, 3.8) is 0 Å². The first kappa shape index (κ1) is 12.3. The maximum atomic E-state index is 10.8. The van der Waals surface area contributed by atoms with Gasteiger partial charge in [0, 0.05) is 6.61 Å². The van der Waals surface area contributed by atoms with E-state index in [-0.39, 0.29) is 6.61 Å². The zero-order valence-electron chi connectivity index (χ0n) is 7.86. The highest BCUT2D eigenvalue weighted by Gasteiger charge is 2.12. The second-order valence-electron chi connectivity index (χ2n) is 2.57. The number of hydrogen-bond donors (Lipinski definition) is 2. The van der Waals surface area contributed by atoms with Crippen LogP contribution in [0.2, 0.25) is 0 Å². The number of aliphatic hydroxyl groups excluding tert-OH is 1. The van der Waals surface area contributed by atoms with Crippen molar-refractivity contribution in [3.05, 3.63) is 0 Å². The van der Waals surface area contributed by atoms with Crippen LogP contribution < -0.4 is 5.73 Å². The van der Waals surface area contributed by atoms with E-state index >= 15 is 0 Å². The van der Waals surface area contributed by atoms with Crippen LogP contribution in [0.5, 0.6) is 0 Å². The van der Waals surface area contributed by atoms with Gasteiger partial charge in [-0.2, -0.15) is 0 Å². The third kappa shape index (κ3) is 6.51. The van der Waals surface area contributed by atoms with Gasteiger partial charge in [-0.1, -0.05) is 6.92 Å². The van der Waals surface area contributed by atoms with E-state index in [1.165, 1.54) is 0 Å². The highest BCUT2D eigenvalue weighted by molar-refractivity contribution is 5.75. The first-order valence-electron chi connectivity index (χ1n) is 4.33. The normalized spacial score (nSPS) is 12.5. The fraction of sp³-hybridized carbons (Fsp3) is 0.875. The molecular formula is C8H17NO4. The molecule has 0 aromatic rings. The zero-order valence-corrected chi connectivity index (χ0v) is 7.86. The predicted molar refractivity (Wildman–Crippen MR) is 47.1 cm³/mol. The number of hydrogen-bond acceptors (Lipinski definition) is 5. The summed E-state index contributed by atoms with van der Waals surface area (Å²) in [5.41, 5.74) is 5.19. The molecule has 78 valence electrons. The van der Waals surface area contributed by atoms with Crippen molar-refractivity contribution in [2.75, 3.05) is 26.4 Å². The van der Waals surface area contributed by atoms with E-state index in [4.69, 9.17) is 20.3 Å². The third-order valence-corrected chi connectivity index (χ3v) is 1.32. The Balaban J connectivity index is 3.27. The van der Waals surface area contributed by atoms with Gasteiger partial charge in [0.2, 0.25) is 0 Å². The molecule has 13 heavy (non-hydrogen) atoms. The Bertz CT molecular complexity index is 140. The van der Waals surface area contributed by atoms with Crippen molar-refractivity contribution in [2.45, 2.75) is 19.4 Å². The molecular weight excluding hydrogens is 174 g/mol. The van der Waals surface area contributed by atoms with Gasteiger partial charge in [-0.25, -0.2) is 0 Å². The van der Waals surface area contributed by atoms with Crippen molar-refractivity contribution in [2.24, 2.45) is 5.73 Å². The van der Waals surface area contributed by atoms with Crippen LogP contribution in [0.15, 0.2) is 0 Å². The van der Waals surface area contributed by atoms with Gasteiger partial charge >= 0.3 is 5.97 Å². The summed E-state index contributed by atoms with van der Waals surface area (Å²) in [6.07, 6.45) is 0.935. The molecule has 0 radical (unpaired) electrons. The summed E-state index contributed by atoms with van der Waals surface area (Å²) < 4.78 is 9.76. The molecule has 0 aliphatic heterocycles. The molecule has 0 fully saturated rings. The highest BCUT2D eigenvalue weighted by Crippen LogP contribution is 1.86. The lowest BCUT2D eigenvalue weighted by molar-refractivity contribution is -0.147. The van der Waals surface area contributed by atoms with E-state index in [1.807, 2.05) is 6.92 Å². The fourth-order valence-electron chi connectivity index (χ4n) is 0.629. The first-order valence-corrected chi connectivity index (χ1v) is 4.33. The SMILES string of the molecule is CCCOCCOC(=O)[C@@H](N)CO. The Kier molecular flexibility index (Phi) is 7.57. The quantitative estimate of drug-likeness (QED) is 0.410. The largest absolute Gasteiger partial charge is 0.462 e. The van der Waals surface area contributed by atoms with E-state index in [2.05, 4.69) is 0 Å². The molecule has 0 unspecified atom stereocenters. The van der Waals surface area contributed by atoms with E-state index in [0.29, 0.717) is 13.2 Å². The summed E-state index contributed by atoms with van der Waals surface area (Å²) in [5.74, 6) is -0.595. The topological polar surface area (TPSA) is 81.8 Å². The van der Waals surface area contributed by atoms with Crippen LogP contribution in [0.3, 0.4) is 0 Å². The van der Waals surface area contributed by atoms with Gasteiger partial charge in [0.05, 0.1) is 13.2 Å². The Labute approximate surface area is 77.8 Å². The van der Waals surface area contributed by atoms with E-state index in [0.717, 1.165) is 6.42 Å². The molecule has 0 aromatic carbocycles. The molecule has 0 aromatic heterocycles. The fourth-order valence-corrected chi connectivity index (χ4v) is 0.629. The molecule has 0 aliphatic carbocycles. The van der Waals surface area contributed by atoms with Crippen molar-refractivity contribution in [1.29, 1.82) is 0 Å². The van der Waals surface area contributed by atoms with Crippen molar-refractivity contribution in [3.8, 4) is 0 Å². The molecule has 0 aliphatic rings. The Morgan fingerprint density at radius 2 is 2.15 bits per heavy atom. The molecule has 0 rings (SSSR count). The van der Waals surface area contributed by atoms with E-state index in [9.17, 15) is 4.79 Å². The minimum absolute atomic E-state index is 0.187. The average Bonchev–Trinajstić information content (AvgIpc) is 2.16. The molecule has 5 heteroatoms. The Morgan fingerprint density at radius 1 is 1.46 bits per heavy atom. The number of aliphatic hydroxyl groups is 1. The number of carbonyl (C=O) groups is 1. The van der Waals surface area contributed by atoms with Crippen LogP contribution in [0.1, 0.15) is 13.3 Å². The molecule has 5 nitrogen and oxygen atoms in total. The van der Waals surface area contributed by atoms with Gasteiger partial charge in [-0.05, 0) is 6.42 Å². The summed E-state index contributed by atoms with van der Waals surface area (Å²) in [5, 5.41) is 8.49. The van der Waals surface area contributed by atoms with Gasteiger partial charge in [-0.15, -0.1) is 0 Å². The van der Waals surface area contributed by atoms with E-state index < -0.39 is 18.6 Å². The maximum Gasteiger partial charge on any atom is 0.325 e. The summed E-state index contributed by atoms with van der Waals surface area (Å²) in [4.78, 5) is 10.8. The number of carbonyl (C=O) groups excluding carboxylic acids is 1. The van der Waals surface area contributed by atoms with Gasteiger partial charge in [-0.3, -0.25) is 4.79 Å². The molecule has 0 saturated heterocycles. The van der Waals surface area contributed by atoms with Gasteiger partial charge < -0.3 is 20.3 Å². The molecule has 3 N–H and O–H groups in total. The number of ether oxygens (including phenoxy) is 2. The minimum Gasteiger partial charge on any atom is -0.462 e. The lowest BCUT2D eigenvalue weighted by Gasteiger charge is -2.08. The zero-order chi connectivity index (χ0) is 10.1. The van der Waals surface area contributed by atoms with Gasteiger partial charge in [0.15, 0.2) is 0 Å². The molecule has 0 saturated carbocycles. The minimum atomic E-state index is -0.939. The summed E-state index contributed by atoms with van der Waals surface area (Å²) in [7, 11) is 0. The molecule has 0 amide bonds.